The highest BCUT2D eigenvalue weighted by atomic mass is 16.3. The van der Waals surface area contributed by atoms with Crippen LogP contribution in [0.4, 0.5) is 0 Å². The first-order valence-corrected chi connectivity index (χ1v) is 7.73. The lowest BCUT2D eigenvalue weighted by Crippen LogP contribution is -2.49. The summed E-state index contributed by atoms with van der Waals surface area (Å²) in [5.41, 5.74) is -0.456. The molecule has 0 amide bonds. The molecule has 0 aromatic heterocycles. The van der Waals surface area contributed by atoms with Crippen LogP contribution >= 0.6 is 0 Å². The van der Waals surface area contributed by atoms with Crippen molar-refractivity contribution in [3.05, 3.63) is 0 Å². The first-order valence-electron chi connectivity index (χ1n) is 7.73. The van der Waals surface area contributed by atoms with Crippen molar-refractivity contribution in [2.75, 3.05) is 26.2 Å². The monoisotopic (exact) mass is 264 g/mol. The fraction of sp³-hybridized carbons (Fsp3) is 0.875. The van der Waals surface area contributed by atoms with Gasteiger partial charge >= 0.3 is 0 Å². The molecule has 1 aliphatic heterocycles. The minimum atomic E-state index is -0.456. The number of piperidine rings is 1. The van der Waals surface area contributed by atoms with E-state index in [1.165, 1.54) is 12.8 Å². The van der Waals surface area contributed by atoms with Gasteiger partial charge in [-0.2, -0.15) is 0 Å². The van der Waals surface area contributed by atoms with Crippen molar-refractivity contribution in [3.63, 3.8) is 0 Å². The molecule has 1 saturated carbocycles. The van der Waals surface area contributed by atoms with Crippen LogP contribution in [0.2, 0.25) is 0 Å². The summed E-state index contributed by atoms with van der Waals surface area (Å²) in [5.74, 6) is 3.50. The van der Waals surface area contributed by atoms with Crippen LogP contribution in [-0.2, 0) is 0 Å². The molecule has 0 spiro atoms. The van der Waals surface area contributed by atoms with E-state index in [-0.39, 0.29) is 0 Å². The third-order valence-corrected chi connectivity index (χ3v) is 4.83. The number of aliphatic hydroxyl groups is 1. The van der Waals surface area contributed by atoms with Gasteiger partial charge in [0.2, 0.25) is 0 Å². The van der Waals surface area contributed by atoms with Crippen LogP contribution in [0.5, 0.6) is 0 Å². The highest BCUT2D eigenvalue weighted by Crippen LogP contribution is 2.31. The Morgan fingerprint density at radius 1 is 1.26 bits per heavy atom. The predicted octanol–water partition coefficient (Wildman–Crippen LogP) is 1.61. The topological polar surface area (TPSA) is 35.5 Å². The summed E-state index contributed by atoms with van der Waals surface area (Å²) in [5, 5.41) is 14.1. The van der Waals surface area contributed by atoms with Crippen molar-refractivity contribution in [3.8, 4) is 12.3 Å². The molecule has 108 valence electrons. The Hall–Kier alpha value is -0.560. The summed E-state index contributed by atoms with van der Waals surface area (Å²) >= 11 is 0. The summed E-state index contributed by atoms with van der Waals surface area (Å²) in [6, 6.07) is 0.553. The average Bonchev–Trinajstić information content (AvgIpc) is 2.42. The summed E-state index contributed by atoms with van der Waals surface area (Å²) in [4.78, 5) is 2.33. The Morgan fingerprint density at radius 3 is 2.47 bits per heavy atom. The molecule has 19 heavy (non-hydrogen) atoms. The van der Waals surface area contributed by atoms with Crippen LogP contribution in [0.15, 0.2) is 0 Å². The molecular formula is C16H28N2O. The third-order valence-electron chi connectivity index (χ3n) is 4.83. The number of rotatable bonds is 4. The molecule has 1 saturated heterocycles. The first-order chi connectivity index (χ1) is 9.11. The molecular weight excluding hydrogens is 236 g/mol. The van der Waals surface area contributed by atoms with Gasteiger partial charge in [-0.1, -0.05) is 12.8 Å². The van der Waals surface area contributed by atoms with Gasteiger partial charge in [0, 0.05) is 25.7 Å². The highest BCUT2D eigenvalue weighted by Gasteiger charge is 2.32. The van der Waals surface area contributed by atoms with Crippen LogP contribution in [0.25, 0.3) is 0 Å². The number of hydrogen-bond acceptors (Lipinski definition) is 3. The highest BCUT2D eigenvalue weighted by molar-refractivity contribution is 4.92. The first kappa shape index (κ1) is 14.8. The smallest absolute Gasteiger partial charge is 0.0771 e. The number of nitrogens with one attached hydrogen (secondary N) is 1. The van der Waals surface area contributed by atoms with Gasteiger partial charge < -0.3 is 10.4 Å². The Kier molecular flexibility index (Phi) is 5.27. The lowest BCUT2D eigenvalue weighted by Gasteiger charge is -2.38. The molecule has 1 aliphatic carbocycles. The molecule has 0 aromatic rings. The molecule has 2 rings (SSSR count). The molecule has 0 unspecified atom stereocenters. The standard InChI is InChI=1S/C16H28N2O/c1-3-10-18-11-6-15(7-12-18)17-13-16(19)8-4-14(2)5-9-16/h1,14-15,17,19H,4-13H2,2H3. The molecule has 0 atom stereocenters. The third kappa shape index (κ3) is 4.49. The van der Waals surface area contributed by atoms with Crippen molar-refractivity contribution >= 4 is 0 Å². The van der Waals surface area contributed by atoms with Crippen molar-refractivity contribution in [1.29, 1.82) is 0 Å². The molecule has 3 nitrogen and oxygen atoms in total. The number of terminal acetylenes is 1. The van der Waals surface area contributed by atoms with Gasteiger partial charge in [-0.05, 0) is 44.4 Å². The van der Waals surface area contributed by atoms with Gasteiger partial charge in [0.15, 0.2) is 0 Å². The second kappa shape index (κ2) is 6.74. The number of hydrogen-bond donors (Lipinski definition) is 2. The summed E-state index contributed by atoms with van der Waals surface area (Å²) in [7, 11) is 0. The predicted molar refractivity (Wildman–Crippen MR) is 78.9 cm³/mol. The van der Waals surface area contributed by atoms with Crippen LogP contribution in [0, 0.1) is 18.3 Å². The SMILES string of the molecule is C#CCN1CCC(NCC2(O)CCC(C)CC2)CC1. The zero-order chi connectivity index (χ0) is 13.7. The van der Waals surface area contributed by atoms with E-state index in [1.807, 2.05) is 0 Å². The van der Waals surface area contributed by atoms with Gasteiger partial charge in [0.05, 0.1) is 12.1 Å². The van der Waals surface area contributed by atoms with E-state index in [0.717, 1.165) is 57.8 Å². The van der Waals surface area contributed by atoms with Crippen molar-refractivity contribution < 1.29 is 5.11 Å². The van der Waals surface area contributed by atoms with Gasteiger partial charge in [0.1, 0.15) is 0 Å². The van der Waals surface area contributed by atoms with Crippen LogP contribution in [0.3, 0.4) is 0 Å². The fourth-order valence-corrected chi connectivity index (χ4v) is 3.23. The minimum Gasteiger partial charge on any atom is -0.389 e. The maximum Gasteiger partial charge on any atom is 0.0771 e. The number of nitrogens with zero attached hydrogens (tertiary/aromatic N) is 1. The lowest BCUT2D eigenvalue weighted by atomic mass is 9.79. The Bertz CT molecular complexity index is 307. The van der Waals surface area contributed by atoms with Crippen molar-refractivity contribution in [1.82, 2.24) is 10.2 Å². The average molecular weight is 264 g/mol. The molecule has 1 heterocycles. The summed E-state index contributed by atoms with van der Waals surface area (Å²) in [6.07, 6.45) is 11.9. The quantitative estimate of drug-likeness (QED) is 0.757. The van der Waals surface area contributed by atoms with E-state index in [0.29, 0.717) is 6.04 Å². The second-order valence-electron chi connectivity index (χ2n) is 6.54. The molecule has 2 aliphatic rings. The van der Waals surface area contributed by atoms with Crippen molar-refractivity contribution in [2.45, 2.75) is 57.1 Å². The Morgan fingerprint density at radius 2 is 1.89 bits per heavy atom. The Balaban J connectivity index is 1.68. The van der Waals surface area contributed by atoms with E-state index in [4.69, 9.17) is 6.42 Å². The van der Waals surface area contributed by atoms with Crippen LogP contribution < -0.4 is 5.32 Å². The van der Waals surface area contributed by atoms with Gasteiger partial charge in [-0.15, -0.1) is 6.42 Å². The number of likely N-dealkylation sites (tertiary alicyclic amines) is 1. The molecule has 0 aromatic carbocycles. The second-order valence-corrected chi connectivity index (χ2v) is 6.54. The summed E-state index contributed by atoms with van der Waals surface area (Å²) < 4.78 is 0. The normalized spacial score (nSPS) is 34.1. The van der Waals surface area contributed by atoms with E-state index in [2.05, 4.69) is 23.1 Å². The van der Waals surface area contributed by atoms with E-state index in [9.17, 15) is 5.11 Å². The van der Waals surface area contributed by atoms with Gasteiger partial charge in [0.25, 0.3) is 0 Å². The summed E-state index contributed by atoms with van der Waals surface area (Å²) in [6.45, 7) is 5.98. The maximum atomic E-state index is 10.6. The molecule has 0 radical (unpaired) electrons. The van der Waals surface area contributed by atoms with E-state index >= 15 is 0 Å². The lowest BCUT2D eigenvalue weighted by molar-refractivity contribution is -0.00967. The van der Waals surface area contributed by atoms with Gasteiger partial charge in [-0.3, -0.25) is 4.90 Å². The van der Waals surface area contributed by atoms with Crippen molar-refractivity contribution in [2.24, 2.45) is 5.92 Å². The molecule has 2 N–H and O–H groups in total. The fourth-order valence-electron chi connectivity index (χ4n) is 3.23. The Labute approximate surface area is 117 Å². The minimum absolute atomic E-state index is 0.456. The molecule has 2 fully saturated rings. The zero-order valence-electron chi connectivity index (χ0n) is 12.2. The maximum absolute atomic E-state index is 10.6. The van der Waals surface area contributed by atoms with Crippen LogP contribution in [-0.4, -0.2) is 47.8 Å². The molecule has 3 heteroatoms. The van der Waals surface area contributed by atoms with E-state index in [1.54, 1.807) is 0 Å². The molecule has 0 bridgehead atoms. The largest absolute Gasteiger partial charge is 0.389 e. The van der Waals surface area contributed by atoms with Gasteiger partial charge in [-0.25, -0.2) is 0 Å². The van der Waals surface area contributed by atoms with Crippen LogP contribution in [0.1, 0.15) is 45.4 Å². The zero-order valence-corrected chi connectivity index (χ0v) is 12.2. The van der Waals surface area contributed by atoms with E-state index < -0.39 is 5.60 Å².